The van der Waals surface area contributed by atoms with Crippen LogP contribution in [0.1, 0.15) is 27.2 Å². The van der Waals surface area contributed by atoms with E-state index in [2.05, 4.69) is 0 Å². The van der Waals surface area contributed by atoms with Gasteiger partial charge in [-0.05, 0) is 13.8 Å². The molecule has 3 rings (SSSR count). The maximum absolute atomic E-state index is 12.9. The summed E-state index contributed by atoms with van der Waals surface area (Å²) in [5.74, 6) is 0.535. The molecule has 3 aromatic rings. The lowest BCUT2D eigenvalue weighted by Crippen LogP contribution is -2.20. The van der Waals surface area contributed by atoms with Gasteiger partial charge >= 0.3 is 0 Å². The molecule has 114 valence electrons. The van der Waals surface area contributed by atoms with Crippen molar-refractivity contribution in [1.29, 1.82) is 0 Å². The molecule has 0 radical (unpaired) electrons. The van der Waals surface area contributed by atoms with Crippen LogP contribution in [0.2, 0.25) is 0 Å². The maximum Gasteiger partial charge on any atom is 0.200 e. The summed E-state index contributed by atoms with van der Waals surface area (Å²) in [6.45, 7) is 3.41. The number of benzene rings is 2. The molecule has 0 bridgehead atoms. The summed E-state index contributed by atoms with van der Waals surface area (Å²) >= 11 is 0. The molecule has 0 aliphatic heterocycles. The fraction of sp³-hybridized carbons (Fsp3) is 0.100. The summed E-state index contributed by atoms with van der Waals surface area (Å²) in [6, 6.07) is 18.0. The Morgan fingerprint density at radius 3 is 2.04 bits per heavy atom. The monoisotopic (exact) mass is 304 g/mol. The minimum atomic E-state index is -0.318. The van der Waals surface area contributed by atoms with E-state index in [4.69, 9.17) is 4.42 Å². The molecule has 3 heteroatoms. The predicted molar refractivity (Wildman–Crippen MR) is 89.8 cm³/mol. The first kappa shape index (κ1) is 15.0. The summed E-state index contributed by atoms with van der Waals surface area (Å²) in [7, 11) is 0. The fourth-order valence-corrected chi connectivity index (χ4v) is 2.46. The number of carbonyl (C=O) groups is 1. The standard InChI is InChI=1S/C20H16O3/c1-13-14(2)23-20(16-11-7-4-8-12-16)17(18(13)21)19(22)15-9-5-3-6-10-15/h3-12H,1-2H3. The second-order valence-corrected chi connectivity index (χ2v) is 5.38. The highest BCUT2D eigenvalue weighted by Gasteiger charge is 2.23. The molecular formula is C20H16O3. The zero-order valence-electron chi connectivity index (χ0n) is 13.0. The maximum atomic E-state index is 12.9. The molecule has 1 heterocycles. The van der Waals surface area contributed by atoms with E-state index < -0.39 is 0 Å². The van der Waals surface area contributed by atoms with Crippen LogP contribution in [0, 0.1) is 13.8 Å². The van der Waals surface area contributed by atoms with E-state index in [1.165, 1.54) is 0 Å². The van der Waals surface area contributed by atoms with Crippen LogP contribution in [0.15, 0.2) is 69.9 Å². The molecule has 0 saturated heterocycles. The van der Waals surface area contributed by atoms with Gasteiger partial charge in [0.25, 0.3) is 0 Å². The number of aryl methyl sites for hydroxylation is 1. The largest absolute Gasteiger partial charge is 0.460 e. The van der Waals surface area contributed by atoms with Crippen LogP contribution in [-0.4, -0.2) is 5.78 Å². The molecule has 1 aromatic heterocycles. The van der Waals surface area contributed by atoms with E-state index in [1.807, 2.05) is 36.4 Å². The quantitative estimate of drug-likeness (QED) is 0.683. The lowest BCUT2D eigenvalue weighted by Gasteiger charge is -2.10. The Kier molecular flexibility index (Phi) is 3.94. The molecule has 0 amide bonds. The topological polar surface area (TPSA) is 47.3 Å². The van der Waals surface area contributed by atoms with Gasteiger partial charge in [0.1, 0.15) is 17.1 Å². The van der Waals surface area contributed by atoms with Crippen LogP contribution < -0.4 is 5.43 Å². The summed E-state index contributed by atoms with van der Waals surface area (Å²) < 4.78 is 5.83. The zero-order chi connectivity index (χ0) is 16.4. The molecule has 0 unspecified atom stereocenters. The second-order valence-electron chi connectivity index (χ2n) is 5.38. The molecule has 0 spiro atoms. The molecule has 0 fully saturated rings. The predicted octanol–water partition coefficient (Wildman–Crippen LogP) is 4.15. The lowest BCUT2D eigenvalue weighted by molar-refractivity contribution is 0.103. The highest BCUT2D eigenvalue weighted by molar-refractivity contribution is 6.12. The number of hydrogen-bond acceptors (Lipinski definition) is 3. The van der Waals surface area contributed by atoms with Crippen LogP contribution in [0.3, 0.4) is 0 Å². The van der Waals surface area contributed by atoms with Crippen molar-refractivity contribution in [2.24, 2.45) is 0 Å². The van der Waals surface area contributed by atoms with Crippen LogP contribution in [-0.2, 0) is 0 Å². The fourth-order valence-electron chi connectivity index (χ4n) is 2.46. The first-order valence-electron chi connectivity index (χ1n) is 7.39. The van der Waals surface area contributed by atoms with Gasteiger partial charge in [-0.15, -0.1) is 0 Å². The molecule has 23 heavy (non-hydrogen) atoms. The molecule has 0 aliphatic carbocycles. The minimum absolute atomic E-state index is 0.0884. The third kappa shape index (κ3) is 2.73. The number of carbonyl (C=O) groups excluding carboxylic acids is 1. The van der Waals surface area contributed by atoms with Crippen molar-refractivity contribution in [3.05, 3.63) is 93.3 Å². The van der Waals surface area contributed by atoms with Crippen molar-refractivity contribution in [3.63, 3.8) is 0 Å². The number of ketones is 1. The third-order valence-electron chi connectivity index (χ3n) is 3.88. The summed E-state index contributed by atoms with van der Waals surface area (Å²) in [6.07, 6.45) is 0. The molecule has 0 saturated carbocycles. The first-order valence-corrected chi connectivity index (χ1v) is 7.39. The highest BCUT2D eigenvalue weighted by Crippen LogP contribution is 2.25. The van der Waals surface area contributed by atoms with E-state index in [0.29, 0.717) is 28.2 Å². The Morgan fingerprint density at radius 1 is 0.870 bits per heavy atom. The van der Waals surface area contributed by atoms with E-state index in [-0.39, 0.29) is 16.8 Å². The van der Waals surface area contributed by atoms with E-state index in [9.17, 15) is 9.59 Å². The molecule has 2 aromatic carbocycles. The number of hydrogen-bond donors (Lipinski definition) is 0. The van der Waals surface area contributed by atoms with Crippen molar-refractivity contribution in [2.45, 2.75) is 13.8 Å². The second kappa shape index (κ2) is 6.05. The molecule has 3 nitrogen and oxygen atoms in total. The molecule has 0 aliphatic rings. The van der Waals surface area contributed by atoms with Crippen LogP contribution >= 0.6 is 0 Å². The Morgan fingerprint density at radius 2 is 1.43 bits per heavy atom. The van der Waals surface area contributed by atoms with Gasteiger partial charge in [-0.1, -0.05) is 60.7 Å². The SMILES string of the molecule is Cc1oc(-c2ccccc2)c(C(=O)c2ccccc2)c(=O)c1C. The van der Waals surface area contributed by atoms with Gasteiger partial charge in [0.05, 0.1) is 0 Å². The van der Waals surface area contributed by atoms with Gasteiger partial charge in [0.15, 0.2) is 5.43 Å². The average molecular weight is 304 g/mol. The van der Waals surface area contributed by atoms with Gasteiger partial charge in [0, 0.05) is 16.7 Å². The third-order valence-corrected chi connectivity index (χ3v) is 3.88. The lowest BCUT2D eigenvalue weighted by atomic mass is 9.97. The first-order chi connectivity index (χ1) is 11.1. The van der Waals surface area contributed by atoms with Gasteiger partial charge < -0.3 is 4.42 Å². The van der Waals surface area contributed by atoms with Crippen molar-refractivity contribution >= 4 is 5.78 Å². The zero-order valence-corrected chi connectivity index (χ0v) is 13.0. The Balaban J connectivity index is 2.29. The molecule has 0 atom stereocenters. The van der Waals surface area contributed by atoms with Crippen molar-refractivity contribution in [3.8, 4) is 11.3 Å². The Hall–Kier alpha value is -2.94. The Bertz CT molecular complexity index is 907. The van der Waals surface area contributed by atoms with E-state index in [1.54, 1.807) is 38.1 Å². The average Bonchev–Trinajstić information content (AvgIpc) is 2.60. The van der Waals surface area contributed by atoms with Crippen LogP contribution in [0.25, 0.3) is 11.3 Å². The van der Waals surface area contributed by atoms with E-state index in [0.717, 1.165) is 0 Å². The van der Waals surface area contributed by atoms with Crippen molar-refractivity contribution < 1.29 is 9.21 Å². The molecule has 0 N–H and O–H groups in total. The Labute approximate surface area is 134 Å². The van der Waals surface area contributed by atoms with Gasteiger partial charge in [-0.3, -0.25) is 9.59 Å². The van der Waals surface area contributed by atoms with Crippen molar-refractivity contribution in [2.75, 3.05) is 0 Å². The number of rotatable bonds is 3. The summed E-state index contributed by atoms with van der Waals surface area (Å²) in [4.78, 5) is 25.6. The van der Waals surface area contributed by atoms with E-state index >= 15 is 0 Å². The smallest absolute Gasteiger partial charge is 0.200 e. The van der Waals surface area contributed by atoms with Gasteiger partial charge in [0.2, 0.25) is 5.78 Å². The van der Waals surface area contributed by atoms with Crippen LogP contribution in [0.5, 0.6) is 0 Å². The highest BCUT2D eigenvalue weighted by atomic mass is 16.3. The summed E-state index contributed by atoms with van der Waals surface area (Å²) in [5.41, 5.74) is 1.46. The summed E-state index contributed by atoms with van der Waals surface area (Å²) in [5, 5.41) is 0. The minimum Gasteiger partial charge on any atom is -0.460 e. The normalized spacial score (nSPS) is 10.5. The van der Waals surface area contributed by atoms with Crippen molar-refractivity contribution in [1.82, 2.24) is 0 Å². The van der Waals surface area contributed by atoms with Gasteiger partial charge in [-0.2, -0.15) is 0 Å². The molecular weight excluding hydrogens is 288 g/mol. The van der Waals surface area contributed by atoms with Crippen LogP contribution in [0.4, 0.5) is 0 Å². The van der Waals surface area contributed by atoms with Gasteiger partial charge in [-0.25, -0.2) is 0 Å².